The van der Waals surface area contributed by atoms with E-state index in [9.17, 15) is 58.2 Å². The number of ether oxygens (including phenoxy) is 1. The van der Waals surface area contributed by atoms with Gasteiger partial charge in [0.05, 0.1) is 43.5 Å². The number of primary amides is 1. The van der Waals surface area contributed by atoms with Crippen molar-refractivity contribution < 1.29 is 67.8 Å². The predicted molar refractivity (Wildman–Crippen MR) is 266 cm³/mol. The summed E-state index contributed by atoms with van der Waals surface area (Å²) in [5, 5.41) is 53.6. The summed E-state index contributed by atoms with van der Waals surface area (Å²) in [5.74, 6) is -10.8. The topological polar surface area (TPSA) is 388 Å². The van der Waals surface area contributed by atoms with Gasteiger partial charge in [0, 0.05) is 59.9 Å². The molecule has 25 nitrogen and oxygen atoms in total. The first-order chi connectivity index (χ1) is 35.2. The number of nitrogens with zero attached hydrogens (tertiary/aromatic N) is 1. The summed E-state index contributed by atoms with van der Waals surface area (Å²) in [6.45, 7) is 2.94. The number of hydrogen-bond acceptors (Lipinski definition) is 15. The lowest BCUT2D eigenvalue weighted by molar-refractivity contribution is -0.145. The van der Waals surface area contributed by atoms with Crippen LogP contribution < -0.4 is 53.0 Å². The number of aromatic amines is 1. The fourth-order valence-electron chi connectivity index (χ4n) is 10.0. The van der Waals surface area contributed by atoms with E-state index in [1.54, 1.807) is 25.1 Å². The van der Waals surface area contributed by atoms with Crippen LogP contribution in [-0.4, -0.2) is 183 Å². The Morgan fingerprint density at radius 2 is 1.65 bits per heavy atom. The highest BCUT2D eigenvalue weighted by Gasteiger charge is 2.51. The third-order valence-corrected chi connectivity index (χ3v) is 15.8. The molecule has 6 heterocycles. The molecular weight excluding hydrogens is 987 g/mol. The van der Waals surface area contributed by atoms with E-state index in [1.807, 2.05) is 14.0 Å². The molecule has 1 fully saturated rings. The molecule has 8 bridgehead atoms. The average Bonchev–Trinajstić information content (AvgIpc) is 3.94. The number of aliphatic hydroxyl groups excluding tert-OH is 3. The Balaban J connectivity index is 1.60. The second-order valence-electron chi connectivity index (χ2n) is 19.7. The number of H-pyrrole nitrogens is 1. The zero-order valence-corrected chi connectivity index (χ0v) is 42.9. The fourth-order valence-corrected chi connectivity index (χ4v) is 11.4. The molecule has 1 aromatic heterocycles. The first-order valence-electron chi connectivity index (χ1n) is 25.2. The third-order valence-electron chi connectivity index (χ3n) is 14.4. The highest BCUT2D eigenvalue weighted by atomic mass is 32.2. The second kappa shape index (κ2) is 25.5. The molecule has 14 N–H and O–H groups in total. The largest absolute Gasteiger partial charge is 0.610 e. The lowest BCUT2D eigenvalue weighted by atomic mass is 9.79. The van der Waals surface area contributed by atoms with Crippen molar-refractivity contribution >= 4 is 75.2 Å². The number of unbranched alkanes of at least 4 members (excludes halogenated alkanes) is 3. The van der Waals surface area contributed by atoms with Gasteiger partial charge in [-0.1, -0.05) is 40.0 Å². The van der Waals surface area contributed by atoms with Crippen LogP contribution in [-0.2, 0) is 60.7 Å². The van der Waals surface area contributed by atoms with Gasteiger partial charge in [0.15, 0.2) is 6.04 Å². The minimum atomic E-state index is -2.34. The van der Waals surface area contributed by atoms with Gasteiger partial charge in [-0.05, 0) is 57.3 Å². The third kappa shape index (κ3) is 13.4. The maximum absolute atomic E-state index is 15.2. The molecule has 0 spiro atoms. The number of carbonyl (C=O) groups excluding carboxylic acids is 9. The van der Waals surface area contributed by atoms with E-state index < -0.39 is 181 Å². The number of amides is 9. The van der Waals surface area contributed by atoms with E-state index >= 15 is 4.79 Å². The van der Waals surface area contributed by atoms with E-state index in [0.717, 1.165) is 24.3 Å². The molecule has 26 heteroatoms. The van der Waals surface area contributed by atoms with Crippen molar-refractivity contribution in [1.82, 2.24) is 52.4 Å². The van der Waals surface area contributed by atoms with Gasteiger partial charge >= 0.3 is 0 Å². The van der Waals surface area contributed by atoms with Crippen LogP contribution in [0.4, 0.5) is 0 Å². The number of aromatic nitrogens is 1. The van der Waals surface area contributed by atoms with E-state index in [0.29, 0.717) is 24.6 Å². The van der Waals surface area contributed by atoms with E-state index in [-0.39, 0.29) is 34.7 Å². The molecule has 74 heavy (non-hydrogen) atoms. The molecule has 9 amide bonds. The number of rotatable bonds is 15. The number of benzene rings is 1. The monoisotopic (exact) mass is 1060 g/mol. The SMILES string of the molecule is CC[C@H](C)[C@@H]1NC(=O)CNC(=O)[C@@H]2Cc3c4[nH]c5cc(ccc35)OC1(CCCCCCNC)C(=O)NCC(=O)N[C@@H](C[S+]4[O-])C(=O)N[C@@H](CCC(N)=O)C(=O)N1C[C@H](O)C[C@H]1C(=O)N[C@@H]([C@@H](C)[C@@H](O)CO)C(=O)N2. The maximum Gasteiger partial charge on any atom is 0.266 e. The fraction of sp³-hybridized carbons (Fsp3) is 0.646. The van der Waals surface area contributed by atoms with Crippen LogP contribution in [0.5, 0.6) is 5.75 Å². The van der Waals surface area contributed by atoms with Gasteiger partial charge in [-0.3, -0.25) is 43.2 Å². The molecule has 0 radical (unpaired) electrons. The Hall–Kier alpha value is -6.06. The Morgan fingerprint density at radius 3 is 2.35 bits per heavy atom. The molecule has 2 aromatic rings. The number of nitrogens with two attached hydrogens (primary N) is 1. The molecule has 12 atom stereocenters. The minimum absolute atomic E-state index is 0.0147. The van der Waals surface area contributed by atoms with Crippen molar-refractivity contribution in [2.75, 3.05) is 45.6 Å². The minimum Gasteiger partial charge on any atom is -0.610 e. The molecular formula is C48H71N11O14S. The molecule has 0 saturated carbocycles. The highest BCUT2D eigenvalue weighted by molar-refractivity contribution is 7.91. The average molecular weight is 1060 g/mol. The van der Waals surface area contributed by atoms with Crippen molar-refractivity contribution in [1.29, 1.82) is 0 Å². The van der Waals surface area contributed by atoms with Crippen LogP contribution in [0.15, 0.2) is 23.2 Å². The van der Waals surface area contributed by atoms with Crippen LogP contribution in [0.25, 0.3) is 10.9 Å². The van der Waals surface area contributed by atoms with Crippen molar-refractivity contribution in [2.45, 2.75) is 144 Å². The van der Waals surface area contributed by atoms with Gasteiger partial charge in [-0.2, -0.15) is 0 Å². The Kier molecular flexibility index (Phi) is 19.7. The number of hydrogen-bond donors (Lipinski definition) is 13. The summed E-state index contributed by atoms with van der Waals surface area (Å²) in [7, 11) is 1.84. The Bertz CT molecular complexity index is 2430. The molecule has 7 rings (SSSR count). The van der Waals surface area contributed by atoms with Gasteiger partial charge in [-0.15, -0.1) is 0 Å². The van der Waals surface area contributed by atoms with Crippen molar-refractivity contribution in [3.05, 3.63) is 23.8 Å². The summed E-state index contributed by atoms with van der Waals surface area (Å²) < 4.78 is 21.9. The molecule has 1 aromatic carbocycles. The van der Waals surface area contributed by atoms with Crippen LogP contribution in [0.3, 0.4) is 0 Å². The number of carbonyl (C=O) groups is 9. The first kappa shape index (κ1) is 57.2. The molecule has 0 aliphatic carbocycles. The maximum atomic E-state index is 15.2. The number of nitrogens with one attached hydrogen (secondary N) is 9. The van der Waals surface area contributed by atoms with Crippen molar-refractivity contribution in [3.8, 4) is 5.75 Å². The lowest BCUT2D eigenvalue weighted by Crippen LogP contribution is -2.67. The lowest BCUT2D eigenvalue weighted by Gasteiger charge is -2.42. The predicted octanol–water partition coefficient (Wildman–Crippen LogP) is -3.93. The van der Waals surface area contributed by atoms with E-state index in [2.05, 4.69) is 47.5 Å². The summed E-state index contributed by atoms with van der Waals surface area (Å²) in [6, 6.07) is -4.77. The van der Waals surface area contributed by atoms with Gasteiger partial charge in [-0.25, -0.2) is 0 Å². The summed E-state index contributed by atoms with van der Waals surface area (Å²) in [4.78, 5) is 133. The van der Waals surface area contributed by atoms with E-state index in [4.69, 9.17) is 10.5 Å². The van der Waals surface area contributed by atoms with Crippen LogP contribution in [0.1, 0.15) is 84.1 Å². The zero-order valence-electron chi connectivity index (χ0n) is 42.1. The molecule has 1 saturated heterocycles. The number of aliphatic hydroxyl groups is 3. The van der Waals surface area contributed by atoms with Crippen LogP contribution >= 0.6 is 0 Å². The molecule has 2 unspecified atom stereocenters. The quantitative estimate of drug-likeness (QED) is 0.0599. The van der Waals surface area contributed by atoms with E-state index in [1.165, 1.54) is 6.92 Å². The van der Waals surface area contributed by atoms with Crippen LogP contribution in [0.2, 0.25) is 0 Å². The summed E-state index contributed by atoms with van der Waals surface area (Å²) >= 11 is -2.34. The highest BCUT2D eigenvalue weighted by Crippen LogP contribution is 2.37. The van der Waals surface area contributed by atoms with Gasteiger partial charge in [0.1, 0.15) is 35.7 Å². The Labute approximate surface area is 430 Å². The van der Waals surface area contributed by atoms with Gasteiger partial charge < -0.3 is 82.8 Å². The second-order valence-corrected chi connectivity index (χ2v) is 21.1. The molecule has 5 aliphatic heterocycles. The van der Waals surface area contributed by atoms with Crippen molar-refractivity contribution in [3.63, 3.8) is 0 Å². The molecule has 5 aliphatic rings. The first-order valence-corrected chi connectivity index (χ1v) is 26.5. The van der Waals surface area contributed by atoms with Crippen molar-refractivity contribution in [2.24, 2.45) is 17.6 Å². The Morgan fingerprint density at radius 1 is 0.932 bits per heavy atom. The normalized spacial score (nSPS) is 28.8. The standard InChI is InChI=1S/C48H71N11O14S/c1-5-24(2)40-48(14-8-6-7-9-15-50-4)47(71)52-20-37(64)53-33-23-74(72)45-29(28-11-10-27(73-48)17-31(28)56-45)18-32(41(66)51-19-38(65)57-40)55-44(69)39(25(3)35(62)22-60)58-43(68)34-16-26(61)21-59(34)46(70)30(54-42(33)67)12-13-36(49)63/h10-11,17,24-26,30,32-35,39-40,50,56,60-62H,5-9,12-16,18-23H2,1-4H3,(H2,49,63)(H,51,66)(H,52,71)(H,53,64)(H,54,67)(H,55,69)(H,57,65)(H,58,68)/t24-,25-,26+,30-,32-,33-,34-,35-,39-,40-,48?,74?/m0/s1. The van der Waals surface area contributed by atoms with Crippen LogP contribution in [0, 0.1) is 11.8 Å². The summed E-state index contributed by atoms with van der Waals surface area (Å²) in [6.07, 6.45) is -1.62. The number of fused-ring (bicyclic) bond motifs is 9. The van der Waals surface area contributed by atoms with Gasteiger partial charge in [0.2, 0.25) is 57.9 Å². The zero-order chi connectivity index (χ0) is 54.0. The summed E-state index contributed by atoms with van der Waals surface area (Å²) in [5.41, 5.74) is 3.96. The molecule has 408 valence electrons. The van der Waals surface area contributed by atoms with Gasteiger partial charge in [0.25, 0.3) is 5.91 Å². The smallest absolute Gasteiger partial charge is 0.266 e.